The summed E-state index contributed by atoms with van der Waals surface area (Å²) < 4.78 is 0. The van der Waals surface area contributed by atoms with Crippen LogP contribution in [0.3, 0.4) is 0 Å². The third-order valence-corrected chi connectivity index (χ3v) is 3.32. The van der Waals surface area contributed by atoms with Gasteiger partial charge in [-0.15, -0.1) is 0 Å². The third kappa shape index (κ3) is 3.01. The van der Waals surface area contributed by atoms with E-state index in [1.54, 1.807) is 0 Å². The van der Waals surface area contributed by atoms with Gasteiger partial charge in [-0.25, -0.2) is 0 Å². The molecule has 1 aliphatic heterocycles. The molecule has 0 aliphatic carbocycles. The van der Waals surface area contributed by atoms with E-state index in [0.717, 1.165) is 18.7 Å². The Hall–Kier alpha value is -1.46. The maximum Gasteiger partial charge on any atom is 0.101 e. The Morgan fingerprint density at radius 1 is 1.24 bits per heavy atom. The Kier molecular flexibility index (Phi) is 4.06. The van der Waals surface area contributed by atoms with Crippen molar-refractivity contribution < 1.29 is 0 Å². The summed E-state index contributed by atoms with van der Waals surface area (Å²) in [6, 6.07) is 9.73. The molecule has 17 heavy (non-hydrogen) atoms. The topological polar surface area (TPSA) is 27.0 Å². The minimum atomic E-state index is 0.636. The first kappa shape index (κ1) is 12.0. The number of piperidine rings is 1. The van der Waals surface area contributed by atoms with Crippen molar-refractivity contribution in [2.75, 3.05) is 13.1 Å². The largest absolute Gasteiger partial charge is 0.376 e. The number of rotatable bonds is 2. The molecule has 1 fully saturated rings. The number of nitrogens with zero attached hydrogens (tertiary/aromatic N) is 2. The third-order valence-electron chi connectivity index (χ3n) is 2.99. The van der Waals surface area contributed by atoms with Gasteiger partial charge in [0.1, 0.15) is 6.07 Å². The first-order valence-corrected chi connectivity index (χ1v) is 6.30. The van der Waals surface area contributed by atoms with Gasteiger partial charge in [0.25, 0.3) is 0 Å². The quantitative estimate of drug-likeness (QED) is 0.745. The summed E-state index contributed by atoms with van der Waals surface area (Å²) in [6.45, 7) is 2.07. The number of benzene rings is 1. The van der Waals surface area contributed by atoms with E-state index in [2.05, 4.69) is 11.0 Å². The lowest BCUT2D eigenvalue weighted by Crippen LogP contribution is -2.24. The van der Waals surface area contributed by atoms with Gasteiger partial charge in [-0.1, -0.05) is 29.8 Å². The van der Waals surface area contributed by atoms with E-state index in [4.69, 9.17) is 11.6 Å². The van der Waals surface area contributed by atoms with E-state index < -0.39 is 0 Å². The molecule has 0 N–H and O–H groups in total. The van der Waals surface area contributed by atoms with Gasteiger partial charge in [0.2, 0.25) is 0 Å². The molecule has 88 valence electrons. The van der Waals surface area contributed by atoms with Crippen molar-refractivity contribution in [3.05, 3.63) is 41.1 Å². The fraction of sp³-hybridized carbons (Fsp3) is 0.357. The molecule has 1 aromatic carbocycles. The second-order valence-electron chi connectivity index (χ2n) is 4.23. The Bertz CT molecular complexity index is 454. The maximum absolute atomic E-state index is 9.23. The van der Waals surface area contributed by atoms with Gasteiger partial charge in [-0.3, -0.25) is 0 Å². The van der Waals surface area contributed by atoms with Crippen molar-refractivity contribution in [3.63, 3.8) is 0 Å². The highest BCUT2D eigenvalue weighted by Gasteiger charge is 2.10. The lowest BCUT2D eigenvalue weighted by atomic mass is 10.1. The molecule has 2 rings (SSSR count). The Balaban J connectivity index is 2.24. The molecule has 0 aromatic heterocycles. The number of nitriles is 1. The van der Waals surface area contributed by atoms with E-state index in [1.165, 1.54) is 19.3 Å². The second kappa shape index (κ2) is 5.75. The van der Waals surface area contributed by atoms with Crippen LogP contribution in [0.2, 0.25) is 5.02 Å². The fourth-order valence-corrected chi connectivity index (χ4v) is 2.31. The van der Waals surface area contributed by atoms with Crippen LogP contribution >= 0.6 is 11.6 Å². The van der Waals surface area contributed by atoms with Gasteiger partial charge in [0, 0.05) is 29.9 Å². The van der Waals surface area contributed by atoms with Gasteiger partial charge >= 0.3 is 0 Å². The monoisotopic (exact) mass is 246 g/mol. The van der Waals surface area contributed by atoms with Crippen LogP contribution in [0.1, 0.15) is 24.8 Å². The zero-order valence-electron chi connectivity index (χ0n) is 9.69. The molecule has 0 bridgehead atoms. The number of hydrogen-bond donors (Lipinski definition) is 0. The molecule has 0 unspecified atom stereocenters. The molecule has 0 saturated carbocycles. The minimum absolute atomic E-state index is 0.636. The minimum Gasteiger partial charge on any atom is -0.376 e. The summed E-state index contributed by atoms with van der Waals surface area (Å²) in [6.07, 6.45) is 5.65. The zero-order chi connectivity index (χ0) is 12.1. The van der Waals surface area contributed by atoms with Gasteiger partial charge in [0.15, 0.2) is 0 Å². The molecule has 1 aliphatic rings. The lowest BCUT2D eigenvalue weighted by molar-refractivity contribution is 0.310. The summed E-state index contributed by atoms with van der Waals surface area (Å²) in [5, 5.41) is 9.87. The van der Waals surface area contributed by atoms with Crippen LogP contribution in [0.15, 0.2) is 30.5 Å². The molecule has 1 aromatic rings. The molecule has 1 saturated heterocycles. The lowest BCUT2D eigenvalue weighted by Gasteiger charge is -2.25. The van der Waals surface area contributed by atoms with Gasteiger partial charge < -0.3 is 4.90 Å². The summed E-state index contributed by atoms with van der Waals surface area (Å²) in [5.41, 5.74) is 1.47. The van der Waals surface area contributed by atoms with Gasteiger partial charge in [0.05, 0.1) is 5.57 Å². The average Bonchev–Trinajstić information content (AvgIpc) is 2.38. The molecule has 2 nitrogen and oxygen atoms in total. The molecule has 3 heteroatoms. The zero-order valence-corrected chi connectivity index (χ0v) is 10.5. The van der Waals surface area contributed by atoms with Crippen molar-refractivity contribution in [2.45, 2.75) is 19.3 Å². The summed E-state index contributed by atoms with van der Waals surface area (Å²) in [4.78, 5) is 2.21. The smallest absolute Gasteiger partial charge is 0.101 e. The Morgan fingerprint density at radius 3 is 2.59 bits per heavy atom. The van der Waals surface area contributed by atoms with Crippen LogP contribution in [0.4, 0.5) is 0 Å². The van der Waals surface area contributed by atoms with Crippen LogP contribution in [0.25, 0.3) is 5.57 Å². The normalized spacial score (nSPS) is 16.7. The van der Waals surface area contributed by atoms with Gasteiger partial charge in [-0.05, 0) is 25.3 Å². The number of allylic oxidation sites excluding steroid dienone is 1. The van der Waals surface area contributed by atoms with E-state index in [-0.39, 0.29) is 0 Å². The molecular weight excluding hydrogens is 232 g/mol. The van der Waals surface area contributed by atoms with E-state index in [0.29, 0.717) is 10.6 Å². The van der Waals surface area contributed by atoms with Crippen molar-refractivity contribution in [1.82, 2.24) is 4.90 Å². The highest BCUT2D eigenvalue weighted by atomic mass is 35.5. The summed E-state index contributed by atoms with van der Waals surface area (Å²) in [5.74, 6) is 0. The predicted molar refractivity (Wildman–Crippen MR) is 70.5 cm³/mol. The van der Waals surface area contributed by atoms with Crippen LogP contribution < -0.4 is 0 Å². The first-order valence-electron chi connectivity index (χ1n) is 5.92. The first-order chi connectivity index (χ1) is 8.31. The Morgan fingerprint density at radius 2 is 1.94 bits per heavy atom. The molecule has 0 spiro atoms. The van der Waals surface area contributed by atoms with Crippen molar-refractivity contribution in [3.8, 4) is 6.07 Å². The molecule has 0 amide bonds. The van der Waals surface area contributed by atoms with Gasteiger partial charge in [-0.2, -0.15) is 5.26 Å². The van der Waals surface area contributed by atoms with E-state index in [1.807, 2.05) is 30.5 Å². The van der Waals surface area contributed by atoms with E-state index in [9.17, 15) is 5.26 Å². The van der Waals surface area contributed by atoms with Crippen LogP contribution in [0, 0.1) is 11.3 Å². The predicted octanol–water partition coefficient (Wildman–Crippen LogP) is 3.69. The number of likely N-dealkylation sites (tertiary alicyclic amines) is 1. The highest BCUT2D eigenvalue weighted by molar-refractivity contribution is 6.32. The van der Waals surface area contributed by atoms with E-state index >= 15 is 0 Å². The highest BCUT2D eigenvalue weighted by Crippen LogP contribution is 2.24. The SMILES string of the molecule is N#C/C(=C\N1CCCCC1)c1ccccc1Cl. The summed E-state index contributed by atoms with van der Waals surface area (Å²) >= 11 is 6.10. The van der Waals surface area contributed by atoms with Crippen LogP contribution in [-0.4, -0.2) is 18.0 Å². The van der Waals surface area contributed by atoms with Crippen molar-refractivity contribution in [1.29, 1.82) is 5.26 Å². The fourth-order valence-electron chi connectivity index (χ4n) is 2.07. The molecular formula is C14H15ClN2. The van der Waals surface area contributed by atoms with Crippen LogP contribution in [0.5, 0.6) is 0 Å². The molecule has 0 radical (unpaired) electrons. The average molecular weight is 247 g/mol. The number of halogens is 1. The number of hydrogen-bond acceptors (Lipinski definition) is 2. The second-order valence-corrected chi connectivity index (χ2v) is 4.64. The van der Waals surface area contributed by atoms with Crippen molar-refractivity contribution in [2.24, 2.45) is 0 Å². The maximum atomic E-state index is 9.23. The Labute approximate surface area is 107 Å². The van der Waals surface area contributed by atoms with Crippen molar-refractivity contribution >= 4 is 17.2 Å². The molecule has 1 heterocycles. The molecule has 0 atom stereocenters. The standard InChI is InChI=1S/C14H15ClN2/c15-14-7-3-2-6-13(14)12(10-16)11-17-8-4-1-5-9-17/h2-3,6-7,11H,1,4-5,8-9H2/b12-11+. The summed E-state index contributed by atoms with van der Waals surface area (Å²) in [7, 11) is 0. The van der Waals surface area contributed by atoms with Crippen LogP contribution in [-0.2, 0) is 0 Å².